The molecule has 0 saturated heterocycles. The molecule has 1 aromatic rings. The Hall–Kier alpha value is -1.11. The lowest BCUT2D eigenvalue weighted by Crippen LogP contribution is -2.19. The quantitative estimate of drug-likeness (QED) is 0.672. The maximum absolute atomic E-state index is 11.7. The van der Waals surface area contributed by atoms with Crippen molar-refractivity contribution in [3.63, 3.8) is 0 Å². The topological polar surface area (TPSA) is 30.5 Å². The summed E-state index contributed by atoms with van der Waals surface area (Å²) in [6, 6.07) is 10.0. The van der Waals surface area contributed by atoms with Crippen LogP contribution in [0.4, 0.5) is 13.2 Å². The van der Waals surface area contributed by atoms with Gasteiger partial charge in [0.1, 0.15) is 6.61 Å². The zero-order chi connectivity index (χ0) is 14.7. The summed E-state index contributed by atoms with van der Waals surface area (Å²) in [6.07, 6.45) is -3.45. The molecule has 0 radical (unpaired) electrons. The number of halogens is 3. The lowest BCUT2D eigenvalue weighted by atomic mass is 10.2. The minimum atomic E-state index is -4.26. The highest BCUT2D eigenvalue weighted by molar-refractivity contribution is 5.14. The summed E-state index contributed by atoms with van der Waals surface area (Å²) < 4.78 is 44.8. The van der Waals surface area contributed by atoms with Gasteiger partial charge in [-0.1, -0.05) is 30.3 Å². The Morgan fingerprint density at radius 1 is 0.950 bits per heavy atom. The van der Waals surface area contributed by atoms with Crippen molar-refractivity contribution in [2.45, 2.75) is 19.1 Å². The number of alkyl halides is 3. The first-order valence-corrected chi connectivity index (χ1v) is 6.55. The van der Waals surface area contributed by atoms with Gasteiger partial charge in [-0.15, -0.1) is 0 Å². The van der Waals surface area contributed by atoms with Crippen LogP contribution in [0.2, 0.25) is 0 Å². The summed E-state index contributed by atoms with van der Waals surface area (Å²) in [4.78, 5) is 0. The van der Waals surface area contributed by atoms with Gasteiger partial charge in [-0.05, 0) is 18.5 Å². The minimum Gasteiger partial charge on any atom is -0.379 e. The summed E-state index contributed by atoms with van der Waals surface area (Å²) in [7, 11) is 0. The van der Waals surface area contributed by atoms with Gasteiger partial charge in [0.05, 0.1) is 13.2 Å². The zero-order valence-electron chi connectivity index (χ0n) is 11.3. The van der Waals surface area contributed by atoms with E-state index in [1.165, 1.54) is 5.56 Å². The highest BCUT2D eigenvalue weighted by atomic mass is 19.4. The summed E-state index contributed by atoms with van der Waals surface area (Å²) in [5, 5.41) is 3.26. The molecule has 0 saturated carbocycles. The fourth-order valence-electron chi connectivity index (χ4n) is 1.54. The average molecular weight is 291 g/mol. The van der Waals surface area contributed by atoms with Gasteiger partial charge in [-0.25, -0.2) is 0 Å². The number of hydrogen-bond acceptors (Lipinski definition) is 3. The summed E-state index contributed by atoms with van der Waals surface area (Å²) in [5.41, 5.74) is 1.22. The van der Waals surface area contributed by atoms with Crippen molar-refractivity contribution in [2.75, 3.05) is 33.0 Å². The van der Waals surface area contributed by atoms with Gasteiger partial charge in [0, 0.05) is 13.2 Å². The van der Waals surface area contributed by atoms with Crippen LogP contribution in [0.15, 0.2) is 30.3 Å². The third-order valence-corrected chi connectivity index (χ3v) is 2.45. The molecule has 0 fully saturated rings. The highest BCUT2D eigenvalue weighted by Crippen LogP contribution is 2.13. The molecule has 0 unspecified atom stereocenters. The van der Waals surface area contributed by atoms with Crippen LogP contribution in [0.25, 0.3) is 0 Å². The molecule has 1 rings (SSSR count). The second-order valence-electron chi connectivity index (χ2n) is 4.30. The first-order chi connectivity index (χ1) is 9.58. The third-order valence-electron chi connectivity index (χ3n) is 2.45. The van der Waals surface area contributed by atoms with E-state index in [1.807, 2.05) is 30.3 Å². The molecule has 114 valence electrons. The van der Waals surface area contributed by atoms with Crippen LogP contribution < -0.4 is 5.32 Å². The summed E-state index contributed by atoms with van der Waals surface area (Å²) >= 11 is 0. The maximum Gasteiger partial charge on any atom is 0.411 e. The van der Waals surface area contributed by atoms with E-state index in [2.05, 4.69) is 10.1 Å². The molecule has 20 heavy (non-hydrogen) atoms. The predicted octanol–water partition coefficient (Wildman–Crippen LogP) is 2.76. The zero-order valence-corrected chi connectivity index (χ0v) is 11.3. The Labute approximate surface area is 117 Å². The lowest BCUT2D eigenvalue weighted by Gasteiger charge is -2.08. The average Bonchev–Trinajstić information content (AvgIpc) is 2.41. The van der Waals surface area contributed by atoms with E-state index < -0.39 is 12.8 Å². The van der Waals surface area contributed by atoms with Crippen LogP contribution in [0.5, 0.6) is 0 Å². The molecule has 0 spiro atoms. The molecule has 0 bridgehead atoms. The monoisotopic (exact) mass is 291 g/mol. The van der Waals surface area contributed by atoms with Crippen LogP contribution in [0.3, 0.4) is 0 Å². The van der Waals surface area contributed by atoms with Crippen LogP contribution >= 0.6 is 0 Å². The maximum atomic E-state index is 11.7. The normalized spacial score (nSPS) is 11.8. The predicted molar refractivity (Wildman–Crippen MR) is 70.5 cm³/mol. The van der Waals surface area contributed by atoms with Crippen molar-refractivity contribution in [3.8, 4) is 0 Å². The molecule has 1 aromatic carbocycles. The SMILES string of the molecule is FC(F)(F)COCCOCCCNCc1ccccc1. The Bertz CT molecular complexity index is 344. The molecule has 0 aliphatic carbocycles. The van der Waals surface area contributed by atoms with Crippen molar-refractivity contribution < 1.29 is 22.6 Å². The van der Waals surface area contributed by atoms with E-state index in [1.54, 1.807) is 0 Å². The van der Waals surface area contributed by atoms with E-state index in [0.29, 0.717) is 6.61 Å². The Morgan fingerprint density at radius 3 is 2.35 bits per heavy atom. The number of nitrogens with one attached hydrogen (secondary N) is 1. The van der Waals surface area contributed by atoms with E-state index in [4.69, 9.17) is 4.74 Å². The Balaban J connectivity index is 1.83. The van der Waals surface area contributed by atoms with Gasteiger partial charge in [0.2, 0.25) is 0 Å². The second kappa shape index (κ2) is 9.74. The van der Waals surface area contributed by atoms with Gasteiger partial charge in [0.25, 0.3) is 0 Å². The first kappa shape index (κ1) is 16.9. The molecule has 0 amide bonds. The molecular formula is C14H20F3NO2. The molecule has 0 atom stereocenters. The summed E-state index contributed by atoms with van der Waals surface area (Å²) in [6.45, 7) is 1.06. The van der Waals surface area contributed by atoms with Crippen molar-refractivity contribution >= 4 is 0 Å². The van der Waals surface area contributed by atoms with E-state index in [9.17, 15) is 13.2 Å². The van der Waals surface area contributed by atoms with Gasteiger partial charge in [0.15, 0.2) is 0 Å². The van der Waals surface area contributed by atoms with Crippen LogP contribution in [-0.4, -0.2) is 39.1 Å². The lowest BCUT2D eigenvalue weighted by molar-refractivity contribution is -0.176. The molecule has 1 N–H and O–H groups in total. The minimum absolute atomic E-state index is 0.0308. The second-order valence-corrected chi connectivity index (χ2v) is 4.30. The van der Waals surface area contributed by atoms with Gasteiger partial charge < -0.3 is 14.8 Å². The Kier molecular flexibility index (Phi) is 8.25. The fraction of sp³-hybridized carbons (Fsp3) is 0.571. The van der Waals surface area contributed by atoms with Gasteiger partial charge in [-0.2, -0.15) is 13.2 Å². The first-order valence-electron chi connectivity index (χ1n) is 6.55. The van der Waals surface area contributed by atoms with Crippen molar-refractivity contribution in [3.05, 3.63) is 35.9 Å². The van der Waals surface area contributed by atoms with Crippen molar-refractivity contribution in [2.24, 2.45) is 0 Å². The fourth-order valence-corrected chi connectivity index (χ4v) is 1.54. The van der Waals surface area contributed by atoms with E-state index in [0.717, 1.165) is 19.5 Å². The molecule has 0 heterocycles. The van der Waals surface area contributed by atoms with E-state index in [-0.39, 0.29) is 13.2 Å². The molecule has 0 aliphatic rings. The standard InChI is InChI=1S/C14H20F3NO2/c15-14(16,17)12-20-10-9-19-8-4-7-18-11-13-5-2-1-3-6-13/h1-3,5-6,18H,4,7-12H2. The molecular weight excluding hydrogens is 271 g/mol. The molecule has 3 nitrogen and oxygen atoms in total. The number of hydrogen-bond donors (Lipinski definition) is 1. The van der Waals surface area contributed by atoms with Crippen LogP contribution in [0.1, 0.15) is 12.0 Å². The third kappa shape index (κ3) is 9.77. The van der Waals surface area contributed by atoms with Crippen molar-refractivity contribution in [1.29, 1.82) is 0 Å². The van der Waals surface area contributed by atoms with Crippen LogP contribution in [-0.2, 0) is 16.0 Å². The molecule has 0 aliphatic heterocycles. The molecule has 6 heteroatoms. The number of benzene rings is 1. The van der Waals surface area contributed by atoms with Gasteiger partial charge in [-0.3, -0.25) is 0 Å². The number of ether oxygens (including phenoxy) is 2. The van der Waals surface area contributed by atoms with E-state index >= 15 is 0 Å². The Morgan fingerprint density at radius 2 is 1.65 bits per heavy atom. The highest BCUT2D eigenvalue weighted by Gasteiger charge is 2.27. The van der Waals surface area contributed by atoms with Gasteiger partial charge >= 0.3 is 6.18 Å². The smallest absolute Gasteiger partial charge is 0.379 e. The largest absolute Gasteiger partial charge is 0.411 e. The van der Waals surface area contributed by atoms with Crippen LogP contribution in [0, 0.1) is 0 Å². The summed E-state index contributed by atoms with van der Waals surface area (Å²) in [5.74, 6) is 0. The molecule has 0 aromatic heterocycles. The number of rotatable bonds is 10. The van der Waals surface area contributed by atoms with Crippen molar-refractivity contribution in [1.82, 2.24) is 5.32 Å².